The maximum atomic E-state index is 12.9. The lowest BCUT2D eigenvalue weighted by atomic mass is 9.65. The molecular weight excluding hydrogens is 496 g/mol. The summed E-state index contributed by atoms with van der Waals surface area (Å²) in [7, 11) is 0. The SMILES string of the molecule is CC(=O)NC1C(OCCCCCC(=O)N2C[C@H](OC3CC(C4CCC4)C3)C[C@H]2CO)OC(CO)C(O)C1O. The number of nitrogens with zero attached hydrogens (tertiary/aromatic N) is 1. The number of aliphatic hydroxyl groups excluding tert-OH is 4. The van der Waals surface area contributed by atoms with Crippen LogP contribution in [-0.4, -0.2) is 112 Å². The second-order valence-electron chi connectivity index (χ2n) is 11.5. The van der Waals surface area contributed by atoms with Crippen molar-refractivity contribution in [2.45, 2.75) is 120 Å². The van der Waals surface area contributed by atoms with Crippen molar-refractivity contribution in [3.63, 3.8) is 0 Å². The van der Waals surface area contributed by atoms with Crippen LogP contribution in [0.2, 0.25) is 0 Å². The number of unbranched alkanes of at least 4 members (excludes halogenated alkanes) is 2. The van der Waals surface area contributed by atoms with Crippen LogP contribution >= 0.6 is 0 Å². The summed E-state index contributed by atoms with van der Waals surface area (Å²) in [5.74, 6) is 1.35. The first-order chi connectivity index (χ1) is 18.3. The fourth-order valence-corrected chi connectivity index (χ4v) is 6.25. The summed E-state index contributed by atoms with van der Waals surface area (Å²) in [6.07, 6.45) is 5.04. The molecule has 5 N–H and O–H groups in total. The summed E-state index contributed by atoms with van der Waals surface area (Å²) >= 11 is 0. The highest BCUT2D eigenvalue weighted by Crippen LogP contribution is 2.45. The van der Waals surface area contributed by atoms with Crippen LogP contribution in [0.4, 0.5) is 0 Å². The van der Waals surface area contributed by atoms with Crippen molar-refractivity contribution in [3.05, 3.63) is 0 Å². The molecule has 2 aliphatic carbocycles. The van der Waals surface area contributed by atoms with Gasteiger partial charge in [-0.3, -0.25) is 9.59 Å². The van der Waals surface area contributed by atoms with Gasteiger partial charge in [-0.25, -0.2) is 0 Å². The summed E-state index contributed by atoms with van der Waals surface area (Å²) in [4.78, 5) is 26.2. The number of carbonyl (C=O) groups excluding carboxylic acids is 2. The van der Waals surface area contributed by atoms with Gasteiger partial charge in [-0.15, -0.1) is 0 Å². The molecule has 4 fully saturated rings. The van der Waals surface area contributed by atoms with Gasteiger partial charge < -0.3 is 44.9 Å². The molecule has 2 aliphatic heterocycles. The van der Waals surface area contributed by atoms with Crippen molar-refractivity contribution >= 4 is 11.8 Å². The van der Waals surface area contributed by atoms with Crippen LogP contribution in [0, 0.1) is 11.8 Å². The lowest BCUT2D eigenvalue weighted by Crippen LogP contribution is -2.64. The topological polar surface area (TPSA) is 158 Å². The number of nitrogens with one attached hydrogen (secondary N) is 1. The third kappa shape index (κ3) is 7.24. The Bertz CT molecular complexity index is 776. The van der Waals surface area contributed by atoms with Crippen LogP contribution in [0.25, 0.3) is 0 Å². The van der Waals surface area contributed by atoms with Crippen LogP contribution in [-0.2, 0) is 23.8 Å². The number of aliphatic hydroxyl groups is 4. The first-order valence-electron chi connectivity index (χ1n) is 14.4. The summed E-state index contributed by atoms with van der Waals surface area (Å²) in [6, 6.07) is -1.15. The predicted octanol–water partition coefficient (Wildman–Crippen LogP) is 0.0642. The van der Waals surface area contributed by atoms with Crippen LogP contribution in [0.5, 0.6) is 0 Å². The van der Waals surface area contributed by atoms with Crippen molar-refractivity contribution in [2.75, 3.05) is 26.4 Å². The quantitative estimate of drug-likeness (QED) is 0.203. The molecule has 2 heterocycles. The average Bonchev–Trinajstić information content (AvgIpc) is 3.25. The Kier molecular flexibility index (Phi) is 10.8. The highest BCUT2D eigenvalue weighted by atomic mass is 16.7. The number of likely N-dealkylation sites (tertiary alicyclic amines) is 1. The molecule has 5 unspecified atom stereocenters. The molecule has 4 rings (SSSR count). The molecule has 0 aromatic heterocycles. The van der Waals surface area contributed by atoms with Crippen LogP contribution < -0.4 is 5.32 Å². The summed E-state index contributed by atoms with van der Waals surface area (Å²) < 4.78 is 17.6. The molecule has 11 nitrogen and oxygen atoms in total. The van der Waals surface area contributed by atoms with E-state index in [-0.39, 0.29) is 31.3 Å². The van der Waals surface area contributed by atoms with Gasteiger partial charge in [0, 0.05) is 26.5 Å². The Morgan fingerprint density at radius 3 is 2.37 bits per heavy atom. The Morgan fingerprint density at radius 1 is 0.974 bits per heavy atom. The zero-order valence-electron chi connectivity index (χ0n) is 22.5. The minimum absolute atomic E-state index is 0.000470. The first kappa shape index (κ1) is 29.6. The van der Waals surface area contributed by atoms with Gasteiger partial charge in [0.15, 0.2) is 6.29 Å². The number of rotatable bonds is 13. The summed E-state index contributed by atoms with van der Waals surface area (Å²) in [5, 5.41) is 42.2. The fraction of sp³-hybridized carbons (Fsp3) is 0.926. The second kappa shape index (κ2) is 13.8. The molecule has 0 spiro atoms. The van der Waals surface area contributed by atoms with Crippen molar-refractivity contribution < 1.29 is 44.2 Å². The summed E-state index contributed by atoms with van der Waals surface area (Å²) in [5.41, 5.74) is 0. The van der Waals surface area contributed by atoms with Gasteiger partial charge in [0.25, 0.3) is 0 Å². The largest absolute Gasteiger partial charge is 0.394 e. The van der Waals surface area contributed by atoms with E-state index in [0.29, 0.717) is 38.3 Å². The second-order valence-corrected chi connectivity index (χ2v) is 11.5. The van der Waals surface area contributed by atoms with Gasteiger partial charge in [-0.2, -0.15) is 0 Å². The van der Waals surface area contributed by atoms with E-state index < -0.39 is 43.2 Å². The number of amides is 2. The van der Waals surface area contributed by atoms with E-state index in [0.717, 1.165) is 31.1 Å². The monoisotopic (exact) mass is 542 g/mol. The summed E-state index contributed by atoms with van der Waals surface area (Å²) in [6.45, 7) is 1.55. The molecule has 218 valence electrons. The van der Waals surface area contributed by atoms with E-state index in [2.05, 4.69) is 5.32 Å². The number of hydrogen-bond acceptors (Lipinski definition) is 9. The average molecular weight is 543 g/mol. The minimum atomic E-state index is -1.35. The van der Waals surface area contributed by atoms with E-state index in [1.54, 1.807) is 4.90 Å². The molecule has 2 saturated carbocycles. The molecule has 4 aliphatic rings. The molecule has 0 aromatic carbocycles. The minimum Gasteiger partial charge on any atom is -0.394 e. The van der Waals surface area contributed by atoms with Gasteiger partial charge >= 0.3 is 0 Å². The van der Waals surface area contributed by atoms with Gasteiger partial charge in [0.05, 0.1) is 31.5 Å². The zero-order valence-corrected chi connectivity index (χ0v) is 22.5. The molecule has 2 saturated heterocycles. The Hall–Kier alpha value is -1.34. The van der Waals surface area contributed by atoms with Crippen molar-refractivity contribution in [2.24, 2.45) is 11.8 Å². The molecule has 0 bridgehead atoms. The lowest BCUT2D eigenvalue weighted by Gasteiger charge is -2.44. The van der Waals surface area contributed by atoms with E-state index in [4.69, 9.17) is 14.2 Å². The number of hydrogen-bond donors (Lipinski definition) is 5. The van der Waals surface area contributed by atoms with E-state index in [1.165, 1.54) is 26.2 Å². The smallest absolute Gasteiger partial charge is 0.222 e. The number of ether oxygens (including phenoxy) is 3. The standard InChI is InChI=1S/C27H46N2O9/c1-16(32)28-24-26(35)25(34)22(15-31)38-27(24)36-9-4-2-3-8-23(33)29-13-21(12-19(29)14-30)37-20-10-18(11-20)17-6-5-7-17/h17-22,24-27,30-31,34-35H,2-15H2,1H3,(H,28,32)/t18?,19-,20?,21+,22?,24?,25?,26?,27?/m0/s1. The molecule has 11 heteroatoms. The van der Waals surface area contributed by atoms with Crippen LogP contribution in [0.1, 0.15) is 71.1 Å². The van der Waals surface area contributed by atoms with Crippen molar-refractivity contribution in [1.29, 1.82) is 0 Å². The zero-order chi connectivity index (χ0) is 27.2. The van der Waals surface area contributed by atoms with Crippen LogP contribution in [0.15, 0.2) is 0 Å². The third-order valence-corrected chi connectivity index (χ3v) is 8.81. The highest BCUT2D eigenvalue weighted by Gasteiger charge is 2.45. The van der Waals surface area contributed by atoms with Crippen molar-refractivity contribution in [3.8, 4) is 0 Å². The van der Waals surface area contributed by atoms with Gasteiger partial charge in [-0.05, 0) is 43.9 Å². The van der Waals surface area contributed by atoms with E-state index in [9.17, 15) is 30.0 Å². The molecule has 0 radical (unpaired) electrons. The van der Waals surface area contributed by atoms with Crippen molar-refractivity contribution in [1.82, 2.24) is 10.2 Å². The fourth-order valence-electron chi connectivity index (χ4n) is 6.25. The molecule has 2 amide bonds. The van der Waals surface area contributed by atoms with E-state index in [1.807, 2.05) is 0 Å². The molecule has 38 heavy (non-hydrogen) atoms. The number of carbonyl (C=O) groups is 2. The van der Waals surface area contributed by atoms with E-state index >= 15 is 0 Å². The highest BCUT2D eigenvalue weighted by molar-refractivity contribution is 5.77. The van der Waals surface area contributed by atoms with Crippen LogP contribution in [0.3, 0.4) is 0 Å². The normalized spacial score (nSPS) is 37.5. The first-order valence-corrected chi connectivity index (χ1v) is 14.4. The Morgan fingerprint density at radius 2 is 1.74 bits per heavy atom. The Balaban J connectivity index is 1.13. The van der Waals surface area contributed by atoms with Gasteiger partial charge in [-0.1, -0.05) is 25.7 Å². The predicted molar refractivity (Wildman–Crippen MR) is 136 cm³/mol. The maximum absolute atomic E-state index is 12.9. The lowest BCUT2D eigenvalue weighted by molar-refractivity contribution is -0.270. The molecular formula is C27H46N2O9. The Labute approximate surface area is 224 Å². The molecule has 7 atom stereocenters. The van der Waals surface area contributed by atoms with Gasteiger partial charge in [0.1, 0.15) is 24.4 Å². The van der Waals surface area contributed by atoms with Gasteiger partial charge in [0.2, 0.25) is 11.8 Å². The maximum Gasteiger partial charge on any atom is 0.222 e. The molecule has 0 aromatic rings. The third-order valence-electron chi connectivity index (χ3n) is 8.81.